The van der Waals surface area contributed by atoms with Gasteiger partial charge < -0.3 is 10.1 Å². The van der Waals surface area contributed by atoms with Gasteiger partial charge in [0.25, 0.3) is 5.91 Å². The van der Waals surface area contributed by atoms with Gasteiger partial charge in [0.1, 0.15) is 12.0 Å². The zero-order valence-electron chi connectivity index (χ0n) is 15.5. The Morgan fingerprint density at radius 1 is 1.07 bits per heavy atom. The first-order chi connectivity index (χ1) is 13.6. The van der Waals surface area contributed by atoms with E-state index in [0.29, 0.717) is 16.9 Å². The number of esters is 1. The third-order valence-corrected chi connectivity index (χ3v) is 4.71. The Balaban J connectivity index is 1.70. The molecular formula is C22H19N3O3. The van der Waals surface area contributed by atoms with E-state index in [0.717, 1.165) is 16.8 Å². The minimum Gasteiger partial charge on any atom is -0.465 e. The van der Waals surface area contributed by atoms with Crippen molar-refractivity contribution in [3.05, 3.63) is 89.1 Å². The van der Waals surface area contributed by atoms with E-state index in [-0.39, 0.29) is 5.91 Å². The van der Waals surface area contributed by atoms with Gasteiger partial charge >= 0.3 is 5.97 Å². The van der Waals surface area contributed by atoms with Crippen LogP contribution >= 0.6 is 0 Å². The molecular weight excluding hydrogens is 354 g/mol. The maximum Gasteiger partial charge on any atom is 0.337 e. The molecule has 6 heteroatoms. The number of anilines is 2. The first-order valence-corrected chi connectivity index (χ1v) is 8.88. The highest BCUT2D eigenvalue weighted by atomic mass is 16.5. The minimum absolute atomic E-state index is 0.101. The molecule has 1 aromatic heterocycles. The van der Waals surface area contributed by atoms with Crippen LogP contribution < -0.4 is 10.2 Å². The average Bonchev–Trinajstić information content (AvgIpc) is 3.01. The summed E-state index contributed by atoms with van der Waals surface area (Å²) >= 11 is 0. The molecule has 4 rings (SSSR count). The summed E-state index contributed by atoms with van der Waals surface area (Å²) in [7, 11) is 1.35. The van der Waals surface area contributed by atoms with E-state index in [4.69, 9.17) is 4.74 Å². The fourth-order valence-corrected chi connectivity index (χ4v) is 3.28. The van der Waals surface area contributed by atoms with E-state index in [1.165, 1.54) is 7.11 Å². The number of nitrogens with one attached hydrogen (secondary N) is 1. The van der Waals surface area contributed by atoms with Crippen LogP contribution in [0.2, 0.25) is 0 Å². The lowest BCUT2D eigenvalue weighted by Crippen LogP contribution is -2.32. The maximum atomic E-state index is 13.0. The van der Waals surface area contributed by atoms with Gasteiger partial charge in [0.2, 0.25) is 0 Å². The van der Waals surface area contributed by atoms with Crippen molar-refractivity contribution in [3.8, 4) is 0 Å². The number of methoxy groups -OCH3 is 1. The topological polar surface area (TPSA) is 71.5 Å². The molecule has 1 amide bonds. The van der Waals surface area contributed by atoms with Crippen LogP contribution in [0.15, 0.2) is 66.9 Å². The highest BCUT2D eigenvalue weighted by molar-refractivity contribution is 6.11. The van der Waals surface area contributed by atoms with Gasteiger partial charge in [-0.2, -0.15) is 0 Å². The zero-order valence-corrected chi connectivity index (χ0v) is 15.5. The van der Waals surface area contributed by atoms with Crippen molar-refractivity contribution in [3.63, 3.8) is 0 Å². The lowest BCUT2D eigenvalue weighted by Gasteiger charge is -2.26. The van der Waals surface area contributed by atoms with E-state index < -0.39 is 12.1 Å². The molecule has 0 radical (unpaired) electrons. The quantitative estimate of drug-likeness (QED) is 0.701. The molecule has 0 saturated carbocycles. The molecule has 28 heavy (non-hydrogen) atoms. The van der Waals surface area contributed by atoms with Crippen LogP contribution in [-0.4, -0.2) is 24.0 Å². The second kappa shape index (κ2) is 7.15. The third kappa shape index (κ3) is 3.09. The van der Waals surface area contributed by atoms with Crippen LogP contribution in [0.25, 0.3) is 0 Å². The summed E-state index contributed by atoms with van der Waals surface area (Å²) in [6.07, 6.45) is 1.34. The standard InChI is InChI=1S/C22H19N3O3/c1-14-7-12-19(23-13-14)25-20(17-5-3-4-6-18(17)21(25)26)24-16-10-8-15(9-11-16)22(27)28-2/h3-13,20,24H,1-2H3/t20-/m0/s1. The molecule has 0 unspecified atom stereocenters. The Hall–Kier alpha value is -3.67. The molecule has 0 aliphatic carbocycles. The summed E-state index contributed by atoms with van der Waals surface area (Å²) < 4.78 is 4.73. The van der Waals surface area contributed by atoms with Gasteiger partial charge in [-0.1, -0.05) is 24.3 Å². The van der Waals surface area contributed by atoms with Crippen molar-refractivity contribution < 1.29 is 14.3 Å². The highest BCUT2D eigenvalue weighted by Crippen LogP contribution is 2.37. The smallest absolute Gasteiger partial charge is 0.337 e. The van der Waals surface area contributed by atoms with Gasteiger partial charge in [-0.05, 0) is 48.9 Å². The molecule has 1 atom stereocenters. The minimum atomic E-state index is -0.400. The zero-order chi connectivity index (χ0) is 19.7. The fraction of sp³-hybridized carbons (Fsp3) is 0.136. The molecule has 0 bridgehead atoms. The second-order valence-electron chi connectivity index (χ2n) is 6.57. The Kier molecular flexibility index (Phi) is 4.53. The maximum absolute atomic E-state index is 13.0. The highest BCUT2D eigenvalue weighted by Gasteiger charge is 2.38. The normalized spacial score (nSPS) is 15.3. The average molecular weight is 373 g/mol. The summed E-state index contributed by atoms with van der Waals surface area (Å²) in [6, 6.07) is 18.2. The molecule has 2 heterocycles. The second-order valence-corrected chi connectivity index (χ2v) is 6.57. The fourth-order valence-electron chi connectivity index (χ4n) is 3.28. The first-order valence-electron chi connectivity index (χ1n) is 8.88. The molecule has 1 aliphatic rings. The molecule has 6 nitrogen and oxygen atoms in total. The summed E-state index contributed by atoms with van der Waals surface area (Å²) in [5.74, 6) is 0.0875. The summed E-state index contributed by atoms with van der Waals surface area (Å²) in [6.45, 7) is 1.95. The number of fused-ring (bicyclic) bond motifs is 1. The van der Waals surface area contributed by atoms with E-state index in [2.05, 4.69) is 10.3 Å². The van der Waals surface area contributed by atoms with Gasteiger partial charge in [-0.3, -0.25) is 9.69 Å². The van der Waals surface area contributed by atoms with Gasteiger partial charge in [-0.25, -0.2) is 9.78 Å². The number of rotatable bonds is 4. The molecule has 3 aromatic rings. The van der Waals surface area contributed by atoms with Gasteiger partial charge in [0, 0.05) is 23.0 Å². The van der Waals surface area contributed by atoms with Crippen molar-refractivity contribution in [2.75, 3.05) is 17.3 Å². The van der Waals surface area contributed by atoms with Gasteiger partial charge in [0.15, 0.2) is 0 Å². The van der Waals surface area contributed by atoms with Crippen LogP contribution in [-0.2, 0) is 4.74 Å². The molecule has 0 fully saturated rings. The van der Waals surface area contributed by atoms with Gasteiger partial charge in [0.05, 0.1) is 12.7 Å². The largest absolute Gasteiger partial charge is 0.465 e. The first kappa shape index (κ1) is 17.7. The van der Waals surface area contributed by atoms with Crippen molar-refractivity contribution in [1.82, 2.24) is 4.98 Å². The molecule has 1 aliphatic heterocycles. The summed E-state index contributed by atoms with van der Waals surface area (Å²) in [4.78, 5) is 30.8. The number of aromatic nitrogens is 1. The Morgan fingerprint density at radius 3 is 2.50 bits per heavy atom. The number of carbonyl (C=O) groups is 2. The number of benzene rings is 2. The van der Waals surface area contributed by atoms with E-state index >= 15 is 0 Å². The van der Waals surface area contributed by atoms with Crippen molar-refractivity contribution in [1.29, 1.82) is 0 Å². The lowest BCUT2D eigenvalue weighted by atomic mass is 10.1. The van der Waals surface area contributed by atoms with Crippen molar-refractivity contribution in [2.45, 2.75) is 13.1 Å². The van der Waals surface area contributed by atoms with E-state index in [1.54, 1.807) is 35.4 Å². The number of nitrogens with zero attached hydrogens (tertiary/aromatic N) is 2. The predicted molar refractivity (Wildman–Crippen MR) is 106 cm³/mol. The third-order valence-electron chi connectivity index (χ3n) is 4.71. The van der Waals surface area contributed by atoms with Gasteiger partial charge in [-0.15, -0.1) is 0 Å². The van der Waals surface area contributed by atoms with Crippen molar-refractivity contribution >= 4 is 23.4 Å². The van der Waals surface area contributed by atoms with Crippen LogP contribution in [0.4, 0.5) is 11.5 Å². The summed E-state index contributed by atoms with van der Waals surface area (Å²) in [5.41, 5.74) is 3.79. The Bertz CT molecular complexity index is 1030. The number of hydrogen-bond donors (Lipinski definition) is 1. The molecule has 0 saturated heterocycles. The number of amides is 1. The number of aryl methyl sites for hydroxylation is 1. The lowest BCUT2D eigenvalue weighted by molar-refractivity contribution is 0.0600. The molecule has 1 N–H and O–H groups in total. The van der Waals surface area contributed by atoms with Crippen LogP contribution in [0, 0.1) is 6.92 Å². The SMILES string of the molecule is COC(=O)c1ccc(N[C@@H]2c3ccccc3C(=O)N2c2ccc(C)cn2)cc1. The number of hydrogen-bond acceptors (Lipinski definition) is 5. The van der Waals surface area contributed by atoms with Crippen LogP contribution in [0.3, 0.4) is 0 Å². The van der Waals surface area contributed by atoms with Crippen LogP contribution in [0.1, 0.15) is 38.0 Å². The molecule has 140 valence electrons. The van der Waals surface area contributed by atoms with Crippen molar-refractivity contribution in [2.24, 2.45) is 0 Å². The van der Waals surface area contributed by atoms with Crippen LogP contribution in [0.5, 0.6) is 0 Å². The Morgan fingerprint density at radius 2 is 1.82 bits per heavy atom. The number of pyridine rings is 1. The molecule has 2 aromatic carbocycles. The predicted octanol–water partition coefficient (Wildman–Crippen LogP) is 3.95. The monoisotopic (exact) mass is 373 g/mol. The van der Waals surface area contributed by atoms with E-state index in [9.17, 15) is 9.59 Å². The number of ether oxygens (including phenoxy) is 1. The number of carbonyl (C=O) groups excluding carboxylic acids is 2. The van der Waals surface area contributed by atoms with E-state index in [1.807, 2.05) is 43.3 Å². The summed E-state index contributed by atoms with van der Waals surface area (Å²) in [5, 5.41) is 3.39. The Labute approximate surface area is 162 Å². The molecule has 0 spiro atoms.